The molecule has 106 valence electrons. The van der Waals surface area contributed by atoms with E-state index in [0.717, 1.165) is 5.02 Å². The summed E-state index contributed by atoms with van der Waals surface area (Å²) in [6.07, 6.45) is 0. The highest BCUT2D eigenvalue weighted by molar-refractivity contribution is 9.09. The highest BCUT2D eigenvalue weighted by Crippen LogP contribution is 2.38. The van der Waals surface area contributed by atoms with Gasteiger partial charge in [-0.05, 0) is 59.0 Å². The van der Waals surface area contributed by atoms with Gasteiger partial charge in [0.2, 0.25) is 0 Å². The lowest BCUT2D eigenvalue weighted by Crippen LogP contribution is -1.97. The summed E-state index contributed by atoms with van der Waals surface area (Å²) in [5.74, 6) is 0. The van der Waals surface area contributed by atoms with E-state index in [1.165, 1.54) is 33.0 Å². The molecule has 3 aromatic carbocycles. The van der Waals surface area contributed by atoms with Gasteiger partial charge in [-0.25, -0.2) is 0 Å². The Labute approximate surface area is 138 Å². The van der Waals surface area contributed by atoms with Crippen molar-refractivity contribution < 1.29 is 0 Å². The molecular weight excluding hydrogens is 344 g/mol. The van der Waals surface area contributed by atoms with Crippen LogP contribution < -0.4 is 0 Å². The number of hydrogen-bond donors (Lipinski definition) is 0. The summed E-state index contributed by atoms with van der Waals surface area (Å²) >= 11 is 10.0. The van der Waals surface area contributed by atoms with Gasteiger partial charge < -0.3 is 0 Å². The SMILES string of the molecule is Cc1ccc(Cl)cc1C(Br)c1ccc(C)c2ccccc12. The van der Waals surface area contributed by atoms with Crippen LogP contribution >= 0.6 is 27.5 Å². The Hall–Kier alpha value is -1.31. The molecule has 0 spiro atoms. The van der Waals surface area contributed by atoms with E-state index in [4.69, 9.17) is 11.6 Å². The predicted octanol–water partition coefficient (Wildman–Crippen LogP) is 6.59. The third-order valence-electron chi connectivity index (χ3n) is 3.96. The Morgan fingerprint density at radius 1 is 0.810 bits per heavy atom. The van der Waals surface area contributed by atoms with Crippen LogP contribution in [0.3, 0.4) is 0 Å². The van der Waals surface area contributed by atoms with Crippen LogP contribution in [0.1, 0.15) is 27.1 Å². The second-order valence-electron chi connectivity index (χ2n) is 5.38. The molecule has 0 saturated heterocycles. The second-order valence-corrected chi connectivity index (χ2v) is 6.73. The number of aryl methyl sites for hydroxylation is 2. The highest BCUT2D eigenvalue weighted by atomic mass is 79.9. The van der Waals surface area contributed by atoms with Crippen molar-refractivity contribution in [2.24, 2.45) is 0 Å². The van der Waals surface area contributed by atoms with Crippen molar-refractivity contribution in [2.75, 3.05) is 0 Å². The summed E-state index contributed by atoms with van der Waals surface area (Å²) in [6, 6.07) is 19.0. The van der Waals surface area contributed by atoms with E-state index >= 15 is 0 Å². The molecule has 0 nitrogen and oxygen atoms in total. The molecule has 2 heteroatoms. The van der Waals surface area contributed by atoms with Gasteiger partial charge >= 0.3 is 0 Å². The summed E-state index contributed by atoms with van der Waals surface area (Å²) in [5, 5.41) is 3.37. The first-order valence-corrected chi connectivity index (χ1v) is 8.25. The lowest BCUT2D eigenvalue weighted by Gasteiger charge is -2.17. The number of alkyl halides is 1. The maximum Gasteiger partial charge on any atom is 0.0653 e. The van der Waals surface area contributed by atoms with Crippen molar-refractivity contribution in [2.45, 2.75) is 18.7 Å². The number of benzene rings is 3. The largest absolute Gasteiger partial charge is 0.0843 e. The molecule has 0 aliphatic carbocycles. The van der Waals surface area contributed by atoms with E-state index in [9.17, 15) is 0 Å². The molecule has 0 radical (unpaired) electrons. The van der Waals surface area contributed by atoms with Crippen molar-refractivity contribution in [3.8, 4) is 0 Å². The van der Waals surface area contributed by atoms with Gasteiger partial charge in [-0.1, -0.05) is 70.0 Å². The summed E-state index contributed by atoms with van der Waals surface area (Å²) in [4.78, 5) is 0.140. The predicted molar refractivity (Wildman–Crippen MR) is 95.6 cm³/mol. The third-order valence-corrected chi connectivity index (χ3v) is 5.18. The minimum absolute atomic E-state index is 0.140. The first kappa shape index (κ1) is 14.6. The van der Waals surface area contributed by atoms with Gasteiger partial charge in [0.1, 0.15) is 0 Å². The van der Waals surface area contributed by atoms with Crippen molar-refractivity contribution in [1.82, 2.24) is 0 Å². The molecule has 0 aliphatic rings. The normalized spacial score (nSPS) is 12.6. The van der Waals surface area contributed by atoms with E-state index in [-0.39, 0.29) is 4.83 Å². The minimum Gasteiger partial charge on any atom is -0.0843 e. The van der Waals surface area contributed by atoms with Crippen molar-refractivity contribution in [1.29, 1.82) is 0 Å². The molecule has 1 atom stereocenters. The average Bonchev–Trinajstić information content (AvgIpc) is 2.50. The molecule has 0 fully saturated rings. The third kappa shape index (κ3) is 2.73. The lowest BCUT2D eigenvalue weighted by molar-refractivity contribution is 1.16. The van der Waals surface area contributed by atoms with Crippen LogP contribution in [-0.2, 0) is 0 Å². The molecule has 0 aromatic heterocycles. The maximum atomic E-state index is 6.17. The van der Waals surface area contributed by atoms with Crippen LogP contribution in [-0.4, -0.2) is 0 Å². The van der Waals surface area contributed by atoms with Crippen LogP contribution in [0.5, 0.6) is 0 Å². The van der Waals surface area contributed by atoms with Gasteiger partial charge in [0, 0.05) is 5.02 Å². The molecule has 3 aromatic rings. The van der Waals surface area contributed by atoms with Crippen LogP contribution in [0.4, 0.5) is 0 Å². The molecule has 0 heterocycles. The molecule has 0 saturated carbocycles. The summed E-state index contributed by atoms with van der Waals surface area (Å²) < 4.78 is 0. The van der Waals surface area contributed by atoms with Gasteiger partial charge in [0.05, 0.1) is 4.83 Å². The fourth-order valence-corrected chi connectivity index (χ4v) is 3.82. The standard InChI is InChI=1S/C19H16BrCl/c1-12-8-10-17(16-6-4-3-5-15(12)16)19(20)18-11-14(21)9-7-13(18)2/h3-11,19H,1-2H3. The zero-order valence-electron chi connectivity index (χ0n) is 12.0. The number of hydrogen-bond acceptors (Lipinski definition) is 0. The smallest absolute Gasteiger partial charge is 0.0653 e. The van der Waals surface area contributed by atoms with Crippen molar-refractivity contribution in [3.05, 3.63) is 81.9 Å². The average molecular weight is 360 g/mol. The first-order valence-electron chi connectivity index (χ1n) is 6.96. The molecular formula is C19H16BrCl. The van der Waals surface area contributed by atoms with Gasteiger partial charge in [-0.3, -0.25) is 0 Å². The van der Waals surface area contributed by atoms with Crippen molar-refractivity contribution >= 4 is 38.3 Å². The Morgan fingerprint density at radius 2 is 1.48 bits per heavy atom. The minimum atomic E-state index is 0.140. The van der Waals surface area contributed by atoms with E-state index in [0.29, 0.717) is 0 Å². The Balaban J connectivity index is 2.20. The van der Waals surface area contributed by atoms with Gasteiger partial charge in [0.25, 0.3) is 0 Å². The number of halogens is 2. The summed E-state index contributed by atoms with van der Waals surface area (Å²) in [5.41, 5.74) is 5.04. The molecule has 0 N–H and O–H groups in total. The molecule has 0 amide bonds. The molecule has 1 unspecified atom stereocenters. The van der Waals surface area contributed by atoms with Gasteiger partial charge in [-0.2, -0.15) is 0 Å². The topological polar surface area (TPSA) is 0 Å². The molecule has 21 heavy (non-hydrogen) atoms. The Morgan fingerprint density at radius 3 is 2.24 bits per heavy atom. The maximum absolute atomic E-state index is 6.17. The Kier molecular flexibility index (Phi) is 4.05. The van der Waals surface area contributed by atoms with Gasteiger partial charge in [-0.15, -0.1) is 0 Å². The molecule has 0 bridgehead atoms. The second kappa shape index (κ2) is 5.82. The fraction of sp³-hybridized carbons (Fsp3) is 0.158. The van der Waals surface area contributed by atoms with Crippen molar-refractivity contribution in [3.63, 3.8) is 0 Å². The quantitative estimate of drug-likeness (QED) is 0.452. The van der Waals surface area contributed by atoms with E-state index < -0.39 is 0 Å². The van der Waals surface area contributed by atoms with Crippen LogP contribution in [0.25, 0.3) is 10.8 Å². The van der Waals surface area contributed by atoms with Crippen LogP contribution in [0.2, 0.25) is 5.02 Å². The van der Waals surface area contributed by atoms with E-state index in [1.807, 2.05) is 12.1 Å². The Bertz CT molecular complexity index is 808. The van der Waals surface area contributed by atoms with Crippen LogP contribution in [0.15, 0.2) is 54.6 Å². The van der Waals surface area contributed by atoms with Crippen LogP contribution in [0, 0.1) is 13.8 Å². The summed E-state index contributed by atoms with van der Waals surface area (Å²) in [6.45, 7) is 4.27. The zero-order valence-corrected chi connectivity index (χ0v) is 14.4. The summed E-state index contributed by atoms with van der Waals surface area (Å²) in [7, 11) is 0. The zero-order chi connectivity index (χ0) is 15.0. The van der Waals surface area contributed by atoms with E-state index in [2.05, 4.69) is 72.2 Å². The monoisotopic (exact) mass is 358 g/mol. The van der Waals surface area contributed by atoms with Gasteiger partial charge in [0.15, 0.2) is 0 Å². The number of fused-ring (bicyclic) bond motifs is 1. The fourth-order valence-electron chi connectivity index (χ4n) is 2.75. The highest BCUT2D eigenvalue weighted by Gasteiger charge is 2.16. The molecule has 0 aliphatic heterocycles. The number of rotatable bonds is 2. The molecule has 3 rings (SSSR count). The van der Waals surface area contributed by atoms with E-state index in [1.54, 1.807) is 0 Å². The lowest BCUT2D eigenvalue weighted by atomic mass is 9.94. The first-order chi connectivity index (χ1) is 10.1.